The maximum absolute atomic E-state index is 12.2. The second-order valence-electron chi connectivity index (χ2n) is 9.84. The van der Waals surface area contributed by atoms with Crippen LogP contribution in [-0.2, 0) is 25.1 Å². The fraction of sp³-hybridized carbons (Fsp3) is 0.950. The number of amides is 1. The Bertz CT molecular complexity index is 477. The Hall–Kier alpha value is -0.500. The van der Waals surface area contributed by atoms with Gasteiger partial charge in [0, 0.05) is 41.4 Å². The van der Waals surface area contributed by atoms with Gasteiger partial charge in [-0.05, 0) is 24.7 Å². The van der Waals surface area contributed by atoms with Gasteiger partial charge in [0.1, 0.15) is 5.72 Å². The van der Waals surface area contributed by atoms with Crippen LogP contribution in [0.3, 0.4) is 0 Å². The zero-order valence-electron chi connectivity index (χ0n) is 18.6. The average Bonchev–Trinajstić information content (AvgIpc) is 2.42. The number of ether oxygens (including phenoxy) is 2. The van der Waals surface area contributed by atoms with E-state index < -0.39 is 16.5 Å². The number of carbonyl (C=O) groups is 1. The summed E-state index contributed by atoms with van der Waals surface area (Å²) >= 11 is 0. The number of rotatable bonds is 14. The molecule has 0 fully saturated rings. The minimum absolute atomic E-state index is 0.122. The number of nitrogens with one attached hydrogen (secondary N) is 1. The third kappa shape index (κ3) is 15.1. The Morgan fingerprint density at radius 1 is 1.11 bits per heavy atom. The summed E-state index contributed by atoms with van der Waals surface area (Å²) in [5, 5.41) is 2.93. The molecule has 162 valence electrons. The van der Waals surface area contributed by atoms with Crippen LogP contribution in [0.4, 0.5) is 0 Å². The molecule has 0 aromatic carbocycles. The highest BCUT2D eigenvalue weighted by molar-refractivity contribution is 7.84. The Morgan fingerprint density at radius 3 is 2.19 bits per heavy atom. The first-order chi connectivity index (χ1) is 12.1. The molecule has 0 saturated heterocycles. The van der Waals surface area contributed by atoms with Gasteiger partial charge in [0.05, 0.1) is 19.6 Å². The van der Waals surface area contributed by atoms with Crippen LogP contribution in [0.2, 0.25) is 0 Å². The van der Waals surface area contributed by atoms with Gasteiger partial charge in [-0.2, -0.15) is 0 Å². The molecule has 0 saturated carbocycles. The molecule has 0 aliphatic heterocycles. The van der Waals surface area contributed by atoms with Crippen molar-refractivity contribution in [3.8, 4) is 0 Å². The zero-order valence-corrected chi connectivity index (χ0v) is 19.5. The van der Waals surface area contributed by atoms with E-state index in [2.05, 4.69) is 19.2 Å². The second kappa shape index (κ2) is 11.5. The lowest BCUT2D eigenvalue weighted by atomic mass is 9.94. The molecular formula is C20H42N2O4S. The lowest BCUT2D eigenvalue weighted by Crippen LogP contribution is -2.46. The van der Waals surface area contributed by atoms with Crippen molar-refractivity contribution in [2.45, 2.75) is 67.0 Å². The standard InChI is InChI=1S/C20H42N2O4S/c1-16(2)9-10-26-20(7,21)11-17(23)22-12-18(3,4)13-25-14-19(5,6)15-27(8)24/h16H,9-15,21H2,1-8H3,(H,22,23). The molecule has 0 radical (unpaired) electrons. The summed E-state index contributed by atoms with van der Waals surface area (Å²) in [6.07, 6.45) is 2.75. The van der Waals surface area contributed by atoms with Crippen molar-refractivity contribution < 1.29 is 18.5 Å². The molecule has 2 unspecified atom stereocenters. The number of hydrogen-bond donors (Lipinski definition) is 2. The van der Waals surface area contributed by atoms with Crippen molar-refractivity contribution in [1.29, 1.82) is 0 Å². The van der Waals surface area contributed by atoms with E-state index in [9.17, 15) is 9.00 Å². The summed E-state index contributed by atoms with van der Waals surface area (Å²) in [6, 6.07) is 0. The van der Waals surface area contributed by atoms with Crippen LogP contribution in [0.25, 0.3) is 0 Å². The molecule has 3 N–H and O–H groups in total. The lowest BCUT2D eigenvalue weighted by Gasteiger charge is -2.30. The van der Waals surface area contributed by atoms with Gasteiger partial charge in [0.15, 0.2) is 0 Å². The van der Waals surface area contributed by atoms with Gasteiger partial charge < -0.3 is 20.5 Å². The van der Waals surface area contributed by atoms with Crippen LogP contribution >= 0.6 is 0 Å². The Balaban J connectivity index is 4.24. The monoisotopic (exact) mass is 406 g/mol. The fourth-order valence-corrected chi connectivity index (χ4v) is 3.73. The summed E-state index contributed by atoms with van der Waals surface area (Å²) in [5.74, 6) is 1.02. The molecule has 7 heteroatoms. The van der Waals surface area contributed by atoms with Crippen molar-refractivity contribution in [3.63, 3.8) is 0 Å². The summed E-state index contributed by atoms with van der Waals surface area (Å²) in [6.45, 7) is 16.2. The molecule has 0 spiro atoms. The minimum atomic E-state index is -0.959. The van der Waals surface area contributed by atoms with Crippen molar-refractivity contribution >= 4 is 16.7 Å². The molecular weight excluding hydrogens is 364 g/mol. The van der Waals surface area contributed by atoms with E-state index in [1.54, 1.807) is 13.2 Å². The molecule has 0 heterocycles. The van der Waals surface area contributed by atoms with Gasteiger partial charge in [-0.1, -0.05) is 41.5 Å². The maximum atomic E-state index is 12.2. The molecule has 0 aromatic rings. The molecule has 0 aliphatic rings. The molecule has 0 aromatic heterocycles. The normalized spacial score (nSPS) is 16.2. The molecule has 0 rings (SSSR count). The smallest absolute Gasteiger partial charge is 0.224 e. The SMILES string of the molecule is CC(C)CCOC(C)(N)CC(=O)NCC(C)(C)COCC(C)(C)CS(C)=O. The van der Waals surface area contributed by atoms with E-state index in [1.165, 1.54) is 0 Å². The second-order valence-corrected chi connectivity index (χ2v) is 11.3. The van der Waals surface area contributed by atoms with Crippen LogP contribution in [0.1, 0.15) is 61.3 Å². The van der Waals surface area contributed by atoms with E-state index >= 15 is 0 Å². The van der Waals surface area contributed by atoms with Crippen molar-refractivity contribution in [1.82, 2.24) is 5.32 Å². The summed E-state index contributed by atoms with van der Waals surface area (Å²) in [5.41, 5.74) is 4.78. The first-order valence-corrected chi connectivity index (χ1v) is 11.4. The molecule has 2 atom stereocenters. The van der Waals surface area contributed by atoms with E-state index in [-0.39, 0.29) is 23.2 Å². The van der Waals surface area contributed by atoms with Crippen LogP contribution in [0.15, 0.2) is 0 Å². The predicted octanol–water partition coefficient (Wildman–Crippen LogP) is 2.68. The van der Waals surface area contributed by atoms with Crippen molar-refractivity contribution in [2.75, 3.05) is 38.4 Å². The molecule has 27 heavy (non-hydrogen) atoms. The highest BCUT2D eigenvalue weighted by Crippen LogP contribution is 2.20. The van der Waals surface area contributed by atoms with Gasteiger partial charge in [-0.25, -0.2) is 0 Å². The first kappa shape index (κ1) is 26.5. The molecule has 1 amide bonds. The largest absolute Gasteiger partial charge is 0.380 e. The Kier molecular flexibility index (Phi) is 11.3. The summed E-state index contributed by atoms with van der Waals surface area (Å²) in [7, 11) is -0.845. The topological polar surface area (TPSA) is 90.7 Å². The van der Waals surface area contributed by atoms with E-state index in [1.807, 2.05) is 27.7 Å². The van der Waals surface area contributed by atoms with Crippen LogP contribution < -0.4 is 11.1 Å². The third-order valence-electron chi connectivity index (χ3n) is 3.98. The highest BCUT2D eigenvalue weighted by Gasteiger charge is 2.26. The molecule has 0 bridgehead atoms. The van der Waals surface area contributed by atoms with E-state index in [4.69, 9.17) is 15.2 Å². The average molecular weight is 407 g/mol. The lowest BCUT2D eigenvalue weighted by molar-refractivity contribution is -0.129. The van der Waals surface area contributed by atoms with Gasteiger partial charge >= 0.3 is 0 Å². The maximum Gasteiger partial charge on any atom is 0.224 e. The number of hydrogen-bond acceptors (Lipinski definition) is 5. The third-order valence-corrected chi connectivity index (χ3v) is 5.17. The quantitative estimate of drug-likeness (QED) is 0.433. The molecule has 6 nitrogen and oxygen atoms in total. The zero-order chi connectivity index (χ0) is 21.3. The van der Waals surface area contributed by atoms with Crippen molar-refractivity contribution in [2.24, 2.45) is 22.5 Å². The number of carbonyl (C=O) groups excluding carboxylic acids is 1. The van der Waals surface area contributed by atoms with Crippen molar-refractivity contribution in [3.05, 3.63) is 0 Å². The van der Waals surface area contributed by atoms with Crippen LogP contribution in [-0.4, -0.2) is 54.2 Å². The van der Waals surface area contributed by atoms with E-state index in [0.29, 0.717) is 38.0 Å². The van der Waals surface area contributed by atoms with Crippen LogP contribution in [0.5, 0.6) is 0 Å². The summed E-state index contributed by atoms with van der Waals surface area (Å²) < 4.78 is 22.9. The first-order valence-electron chi connectivity index (χ1n) is 9.71. The van der Waals surface area contributed by atoms with Crippen LogP contribution in [0, 0.1) is 16.7 Å². The minimum Gasteiger partial charge on any atom is -0.380 e. The van der Waals surface area contributed by atoms with Gasteiger partial charge in [-0.3, -0.25) is 9.00 Å². The van der Waals surface area contributed by atoms with Gasteiger partial charge in [0.2, 0.25) is 5.91 Å². The molecule has 0 aliphatic carbocycles. The Labute approximate surface area is 168 Å². The fourth-order valence-electron chi connectivity index (χ4n) is 2.54. The van der Waals surface area contributed by atoms with Gasteiger partial charge in [-0.15, -0.1) is 0 Å². The number of nitrogens with two attached hydrogens (primary N) is 1. The summed E-state index contributed by atoms with van der Waals surface area (Å²) in [4.78, 5) is 12.2. The predicted molar refractivity (Wildman–Crippen MR) is 113 cm³/mol. The van der Waals surface area contributed by atoms with Gasteiger partial charge in [0.25, 0.3) is 0 Å². The van der Waals surface area contributed by atoms with E-state index in [0.717, 1.165) is 6.42 Å². The Morgan fingerprint density at radius 2 is 1.67 bits per heavy atom. The highest BCUT2D eigenvalue weighted by atomic mass is 32.2.